The molecule has 0 radical (unpaired) electrons. The number of nitrogens with one attached hydrogen (secondary N) is 1. The van der Waals surface area contributed by atoms with Crippen LogP contribution in [0.5, 0.6) is 0 Å². The molecule has 1 aromatic heterocycles. The third-order valence-electron chi connectivity index (χ3n) is 4.73. The lowest BCUT2D eigenvalue weighted by molar-refractivity contribution is 0.439. The second kappa shape index (κ2) is 4.41. The summed E-state index contributed by atoms with van der Waals surface area (Å²) >= 11 is 0. The average Bonchev–Trinajstić information content (AvgIpc) is 3.17. The van der Waals surface area contributed by atoms with Crippen molar-refractivity contribution < 1.29 is 0 Å². The second-order valence-corrected chi connectivity index (χ2v) is 5.89. The number of benzene rings is 1. The SMILES string of the molecule is c1ccc(-n2cccn2)c(NC2CC3CCC2C3)c1. The fraction of sp³-hybridized carbons (Fsp3) is 0.438. The number of nitrogens with zero attached hydrogens (tertiary/aromatic N) is 2. The molecule has 0 aliphatic heterocycles. The van der Waals surface area contributed by atoms with E-state index in [1.807, 2.05) is 23.1 Å². The topological polar surface area (TPSA) is 29.9 Å². The minimum Gasteiger partial charge on any atom is -0.380 e. The number of rotatable bonds is 3. The van der Waals surface area contributed by atoms with Gasteiger partial charge in [0.05, 0.1) is 11.4 Å². The highest BCUT2D eigenvalue weighted by atomic mass is 15.3. The first-order valence-electron chi connectivity index (χ1n) is 7.26. The predicted molar refractivity (Wildman–Crippen MR) is 76.4 cm³/mol. The molecule has 0 amide bonds. The van der Waals surface area contributed by atoms with Gasteiger partial charge in [0.2, 0.25) is 0 Å². The van der Waals surface area contributed by atoms with Gasteiger partial charge in [0.15, 0.2) is 0 Å². The summed E-state index contributed by atoms with van der Waals surface area (Å²) in [5.74, 6) is 1.86. The number of aromatic nitrogens is 2. The lowest BCUT2D eigenvalue weighted by Crippen LogP contribution is -2.26. The fourth-order valence-corrected chi connectivity index (χ4v) is 3.83. The summed E-state index contributed by atoms with van der Waals surface area (Å²) in [5.41, 5.74) is 2.36. The molecular weight excluding hydrogens is 234 g/mol. The molecule has 98 valence electrons. The molecule has 0 spiro atoms. The van der Waals surface area contributed by atoms with E-state index in [0.29, 0.717) is 6.04 Å². The van der Waals surface area contributed by atoms with E-state index in [9.17, 15) is 0 Å². The van der Waals surface area contributed by atoms with Crippen LogP contribution in [0.4, 0.5) is 5.69 Å². The van der Waals surface area contributed by atoms with Crippen LogP contribution in [-0.4, -0.2) is 15.8 Å². The standard InChI is InChI=1S/C16H19N3/c1-2-5-16(19-9-3-8-17-19)14(4-1)18-15-11-12-6-7-13(15)10-12/h1-5,8-9,12-13,15,18H,6-7,10-11H2. The first-order chi connectivity index (χ1) is 9.40. The van der Waals surface area contributed by atoms with Crippen LogP contribution in [0.3, 0.4) is 0 Å². The van der Waals surface area contributed by atoms with Crippen molar-refractivity contribution >= 4 is 5.69 Å². The van der Waals surface area contributed by atoms with Crippen LogP contribution in [0.15, 0.2) is 42.7 Å². The molecule has 2 bridgehead atoms. The summed E-state index contributed by atoms with van der Waals surface area (Å²) in [5, 5.41) is 8.11. The highest BCUT2D eigenvalue weighted by Crippen LogP contribution is 2.45. The van der Waals surface area contributed by atoms with Gasteiger partial charge < -0.3 is 5.32 Å². The smallest absolute Gasteiger partial charge is 0.0876 e. The minimum atomic E-state index is 0.662. The zero-order valence-corrected chi connectivity index (χ0v) is 11.0. The van der Waals surface area contributed by atoms with Gasteiger partial charge in [0.1, 0.15) is 0 Å². The molecule has 2 aliphatic rings. The van der Waals surface area contributed by atoms with Crippen LogP contribution in [0.2, 0.25) is 0 Å². The van der Waals surface area contributed by atoms with Gasteiger partial charge in [-0.1, -0.05) is 18.6 Å². The van der Waals surface area contributed by atoms with Gasteiger partial charge >= 0.3 is 0 Å². The number of para-hydroxylation sites is 2. The van der Waals surface area contributed by atoms with Gasteiger partial charge in [-0.25, -0.2) is 4.68 Å². The van der Waals surface area contributed by atoms with E-state index in [0.717, 1.165) is 17.5 Å². The predicted octanol–water partition coefficient (Wildman–Crippen LogP) is 3.47. The molecule has 3 nitrogen and oxygen atoms in total. The van der Waals surface area contributed by atoms with E-state index in [1.165, 1.54) is 31.4 Å². The van der Waals surface area contributed by atoms with Gasteiger partial charge in [0, 0.05) is 18.4 Å². The number of fused-ring (bicyclic) bond motifs is 2. The summed E-state index contributed by atoms with van der Waals surface area (Å²) in [6.45, 7) is 0. The Hall–Kier alpha value is -1.77. The highest BCUT2D eigenvalue weighted by molar-refractivity contribution is 5.61. The van der Waals surface area contributed by atoms with Crippen LogP contribution < -0.4 is 5.32 Å². The molecule has 2 fully saturated rings. The van der Waals surface area contributed by atoms with Gasteiger partial charge in [-0.2, -0.15) is 5.10 Å². The highest BCUT2D eigenvalue weighted by Gasteiger charge is 2.39. The zero-order valence-electron chi connectivity index (χ0n) is 11.0. The maximum absolute atomic E-state index is 4.35. The van der Waals surface area contributed by atoms with Crippen LogP contribution in [0.1, 0.15) is 25.7 Å². The molecule has 1 aromatic carbocycles. The Morgan fingerprint density at radius 1 is 1.11 bits per heavy atom. The number of hydrogen-bond donors (Lipinski definition) is 1. The molecule has 3 atom stereocenters. The number of hydrogen-bond acceptors (Lipinski definition) is 2. The van der Waals surface area contributed by atoms with E-state index in [1.54, 1.807) is 0 Å². The average molecular weight is 253 g/mol. The van der Waals surface area contributed by atoms with E-state index >= 15 is 0 Å². The van der Waals surface area contributed by atoms with Crippen molar-refractivity contribution in [2.75, 3.05) is 5.32 Å². The third-order valence-corrected chi connectivity index (χ3v) is 4.73. The maximum Gasteiger partial charge on any atom is 0.0876 e. The van der Waals surface area contributed by atoms with E-state index in [2.05, 4.69) is 34.7 Å². The van der Waals surface area contributed by atoms with E-state index < -0.39 is 0 Å². The van der Waals surface area contributed by atoms with Crippen molar-refractivity contribution in [3.05, 3.63) is 42.7 Å². The molecule has 3 heteroatoms. The zero-order chi connectivity index (χ0) is 12.7. The van der Waals surface area contributed by atoms with Crippen molar-refractivity contribution in [3.63, 3.8) is 0 Å². The van der Waals surface area contributed by atoms with Crippen LogP contribution in [0, 0.1) is 11.8 Å². The van der Waals surface area contributed by atoms with E-state index in [-0.39, 0.29) is 0 Å². The maximum atomic E-state index is 4.35. The summed E-state index contributed by atoms with van der Waals surface area (Å²) in [6, 6.07) is 11.1. The Labute approximate surface area is 113 Å². The van der Waals surface area contributed by atoms with Crippen LogP contribution >= 0.6 is 0 Å². The Balaban J connectivity index is 1.61. The quantitative estimate of drug-likeness (QED) is 0.907. The monoisotopic (exact) mass is 253 g/mol. The van der Waals surface area contributed by atoms with Gasteiger partial charge in [-0.05, 0) is 49.3 Å². The normalized spacial score (nSPS) is 28.7. The van der Waals surface area contributed by atoms with Crippen molar-refractivity contribution in [1.29, 1.82) is 0 Å². The lowest BCUT2D eigenvalue weighted by Gasteiger charge is -2.25. The molecule has 4 rings (SSSR count). The van der Waals surface area contributed by atoms with Crippen LogP contribution in [0.25, 0.3) is 5.69 Å². The molecule has 3 unspecified atom stereocenters. The summed E-state index contributed by atoms with van der Waals surface area (Å²) < 4.78 is 1.94. The molecule has 1 heterocycles. The summed E-state index contributed by atoms with van der Waals surface area (Å²) in [4.78, 5) is 0. The van der Waals surface area contributed by atoms with Gasteiger partial charge in [0.25, 0.3) is 0 Å². The lowest BCUT2D eigenvalue weighted by atomic mass is 9.95. The minimum absolute atomic E-state index is 0.662. The molecule has 1 N–H and O–H groups in total. The molecule has 2 saturated carbocycles. The Morgan fingerprint density at radius 3 is 2.79 bits per heavy atom. The fourth-order valence-electron chi connectivity index (χ4n) is 3.83. The molecular formula is C16H19N3. The molecule has 19 heavy (non-hydrogen) atoms. The largest absolute Gasteiger partial charge is 0.380 e. The molecule has 2 aliphatic carbocycles. The van der Waals surface area contributed by atoms with Gasteiger partial charge in [-0.15, -0.1) is 0 Å². The second-order valence-electron chi connectivity index (χ2n) is 5.89. The Morgan fingerprint density at radius 2 is 2.05 bits per heavy atom. The Kier molecular flexibility index (Phi) is 2.57. The molecule has 0 saturated heterocycles. The Bertz CT molecular complexity index is 561. The van der Waals surface area contributed by atoms with Gasteiger partial charge in [-0.3, -0.25) is 0 Å². The first kappa shape index (κ1) is 11.1. The third kappa shape index (κ3) is 1.93. The summed E-state index contributed by atoms with van der Waals surface area (Å²) in [6.07, 6.45) is 9.46. The first-order valence-corrected chi connectivity index (χ1v) is 7.26. The van der Waals surface area contributed by atoms with Crippen molar-refractivity contribution in [1.82, 2.24) is 9.78 Å². The van der Waals surface area contributed by atoms with Crippen molar-refractivity contribution in [2.24, 2.45) is 11.8 Å². The van der Waals surface area contributed by atoms with Crippen molar-refractivity contribution in [2.45, 2.75) is 31.7 Å². The molecule has 2 aromatic rings. The van der Waals surface area contributed by atoms with E-state index in [4.69, 9.17) is 0 Å². The van der Waals surface area contributed by atoms with Crippen LogP contribution in [-0.2, 0) is 0 Å². The number of anilines is 1. The summed E-state index contributed by atoms with van der Waals surface area (Å²) in [7, 11) is 0. The van der Waals surface area contributed by atoms with Crippen molar-refractivity contribution in [3.8, 4) is 5.69 Å².